The molecule has 0 aliphatic carbocycles. The first-order valence-electron chi connectivity index (χ1n) is 8.04. The maximum atomic E-state index is 4.65. The summed E-state index contributed by atoms with van der Waals surface area (Å²) in [4.78, 5) is 11.6. The van der Waals surface area contributed by atoms with E-state index in [0.29, 0.717) is 12.0 Å². The summed E-state index contributed by atoms with van der Waals surface area (Å²) in [5.41, 5.74) is 2.33. The summed E-state index contributed by atoms with van der Waals surface area (Å²) in [6, 6.07) is 13.1. The lowest BCUT2D eigenvalue weighted by molar-refractivity contribution is 0.752. The summed E-state index contributed by atoms with van der Waals surface area (Å²) in [5.74, 6) is 2.22. The predicted octanol–water partition coefficient (Wildman–Crippen LogP) is 3.60. The van der Waals surface area contributed by atoms with E-state index in [4.69, 9.17) is 0 Å². The molecule has 2 heterocycles. The van der Waals surface area contributed by atoms with Crippen LogP contribution in [0.2, 0.25) is 0 Å². The number of nitrogens with zero attached hydrogens (tertiary/aromatic N) is 3. The minimum absolute atomic E-state index is 0.352. The zero-order valence-corrected chi connectivity index (χ0v) is 13.6. The number of hydrogen-bond donors (Lipinski definition) is 1. The molecular weight excluding hydrogens is 272 g/mol. The van der Waals surface area contributed by atoms with Gasteiger partial charge in [0.25, 0.3) is 0 Å². The largest absolute Gasteiger partial charge is 0.369 e. The highest BCUT2D eigenvalue weighted by Crippen LogP contribution is 2.22. The molecule has 4 heteroatoms. The van der Waals surface area contributed by atoms with Crippen LogP contribution in [0, 0.1) is 6.92 Å². The number of para-hydroxylation sites is 1. The van der Waals surface area contributed by atoms with Gasteiger partial charge in [-0.2, -0.15) is 0 Å². The molecule has 0 saturated carbocycles. The van der Waals surface area contributed by atoms with Gasteiger partial charge in [-0.25, -0.2) is 9.97 Å². The van der Waals surface area contributed by atoms with Gasteiger partial charge in [0.05, 0.1) is 0 Å². The lowest BCUT2D eigenvalue weighted by atomic mass is 10.2. The van der Waals surface area contributed by atoms with Crippen molar-refractivity contribution in [3.05, 3.63) is 47.9 Å². The molecule has 4 nitrogen and oxygen atoms in total. The van der Waals surface area contributed by atoms with Crippen LogP contribution in [-0.4, -0.2) is 29.1 Å². The van der Waals surface area contributed by atoms with Crippen molar-refractivity contribution in [2.75, 3.05) is 23.3 Å². The zero-order chi connectivity index (χ0) is 15.5. The van der Waals surface area contributed by atoms with E-state index in [0.717, 1.165) is 36.8 Å². The molecule has 2 aromatic rings. The quantitative estimate of drug-likeness (QED) is 0.936. The van der Waals surface area contributed by atoms with Crippen molar-refractivity contribution in [3.8, 4) is 0 Å². The van der Waals surface area contributed by atoms with E-state index in [2.05, 4.69) is 64.4 Å². The normalized spacial score (nSPS) is 18.0. The van der Waals surface area contributed by atoms with Crippen molar-refractivity contribution < 1.29 is 0 Å². The van der Waals surface area contributed by atoms with E-state index >= 15 is 0 Å². The topological polar surface area (TPSA) is 41.0 Å². The minimum atomic E-state index is 0.352. The molecule has 1 aliphatic heterocycles. The molecule has 1 aliphatic rings. The molecule has 0 spiro atoms. The first-order valence-corrected chi connectivity index (χ1v) is 8.04. The smallest absolute Gasteiger partial charge is 0.133 e. The van der Waals surface area contributed by atoms with Crippen molar-refractivity contribution in [2.45, 2.75) is 39.2 Å². The van der Waals surface area contributed by atoms with Crippen LogP contribution in [0.25, 0.3) is 0 Å². The average molecular weight is 296 g/mol. The first kappa shape index (κ1) is 14.8. The fraction of sp³-hybridized carbons (Fsp3) is 0.444. The molecule has 1 N–H and O–H groups in total. The molecule has 3 rings (SSSR count). The van der Waals surface area contributed by atoms with E-state index in [1.54, 1.807) is 0 Å². The minimum Gasteiger partial charge on any atom is -0.369 e. The summed E-state index contributed by atoms with van der Waals surface area (Å²) in [6.45, 7) is 8.40. The lowest BCUT2D eigenvalue weighted by Gasteiger charge is -2.19. The molecule has 1 aromatic carbocycles. The van der Waals surface area contributed by atoms with Crippen molar-refractivity contribution in [1.29, 1.82) is 0 Å². The van der Waals surface area contributed by atoms with Gasteiger partial charge in [0.2, 0.25) is 0 Å². The van der Waals surface area contributed by atoms with Crippen LogP contribution in [0.15, 0.2) is 36.4 Å². The van der Waals surface area contributed by atoms with E-state index in [1.807, 2.05) is 13.0 Å². The number of aryl methyl sites for hydroxylation is 1. The third kappa shape index (κ3) is 3.38. The highest BCUT2D eigenvalue weighted by molar-refractivity contribution is 5.48. The molecule has 1 fully saturated rings. The van der Waals surface area contributed by atoms with Gasteiger partial charge in [0.15, 0.2) is 0 Å². The predicted molar refractivity (Wildman–Crippen MR) is 91.5 cm³/mol. The number of anilines is 2. The highest BCUT2D eigenvalue weighted by Gasteiger charge is 2.23. The maximum absolute atomic E-state index is 4.65. The Morgan fingerprint density at radius 1 is 1.18 bits per heavy atom. The number of aromatic nitrogens is 2. The van der Waals surface area contributed by atoms with Crippen molar-refractivity contribution >= 4 is 11.5 Å². The molecule has 116 valence electrons. The molecule has 0 amide bonds. The summed E-state index contributed by atoms with van der Waals surface area (Å²) in [7, 11) is 0. The molecule has 0 bridgehead atoms. The molecule has 0 radical (unpaired) electrons. The molecule has 1 aromatic heterocycles. The second-order valence-corrected chi connectivity index (χ2v) is 6.32. The standard InChI is InChI=1S/C18H24N4/c1-13(2)18-19-14(3)11-17(21-18)20-15-9-10-22(12-15)16-7-5-4-6-8-16/h4-8,11,13,15H,9-10,12H2,1-3H3,(H,19,20,21). The Bertz CT molecular complexity index is 624. The van der Waals surface area contributed by atoms with Crippen LogP contribution in [0.4, 0.5) is 11.5 Å². The van der Waals surface area contributed by atoms with Crippen LogP contribution in [0.1, 0.15) is 37.7 Å². The van der Waals surface area contributed by atoms with Crippen molar-refractivity contribution in [2.24, 2.45) is 0 Å². The maximum Gasteiger partial charge on any atom is 0.133 e. The Labute approximate surface area is 132 Å². The third-order valence-corrected chi connectivity index (χ3v) is 4.05. The second-order valence-electron chi connectivity index (χ2n) is 6.32. The molecule has 22 heavy (non-hydrogen) atoms. The van der Waals surface area contributed by atoms with Crippen LogP contribution in [0.5, 0.6) is 0 Å². The number of rotatable bonds is 4. The van der Waals surface area contributed by atoms with Crippen molar-refractivity contribution in [1.82, 2.24) is 9.97 Å². The Morgan fingerprint density at radius 2 is 1.95 bits per heavy atom. The first-order chi connectivity index (χ1) is 10.6. The Hall–Kier alpha value is -2.10. The van der Waals surface area contributed by atoms with Gasteiger partial charge < -0.3 is 10.2 Å². The van der Waals surface area contributed by atoms with E-state index in [1.165, 1.54) is 5.69 Å². The lowest BCUT2D eigenvalue weighted by Crippen LogP contribution is -2.26. The fourth-order valence-corrected chi connectivity index (χ4v) is 2.88. The monoisotopic (exact) mass is 296 g/mol. The SMILES string of the molecule is Cc1cc(NC2CCN(c3ccccc3)C2)nc(C(C)C)n1. The number of nitrogens with one attached hydrogen (secondary N) is 1. The average Bonchev–Trinajstić information content (AvgIpc) is 2.96. The third-order valence-electron chi connectivity index (χ3n) is 4.05. The number of hydrogen-bond acceptors (Lipinski definition) is 4. The second kappa shape index (κ2) is 6.34. The van der Waals surface area contributed by atoms with E-state index in [-0.39, 0.29) is 0 Å². The summed E-state index contributed by atoms with van der Waals surface area (Å²) >= 11 is 0. The van der Waals surface area contributed by atoms with Gasteiger partial charge in [-0.3, -0.25) is 0 Å². The molecule has 1 atom stereocenters. The molecule has 1 saturated heterocycles. The van der Waals surface area contributed by atoms with Gasteiger partial charge in [-0.1, -0.05) is 32.0 Å². The summed E-state index contributed by atoms with van der Waals surface area (Å²) in [6.07, 6.45) is 1.13. The van der Waals surface area contributed by atoms with Crippen LogP contribution >= 0.6 is 0 Å². The summed E-state index contributed by atoms with van der Waals surface area (Å²) in [5, 5.41) is 3.58. The van der Waals surface area contributed by atoms with Gasteiger partial charge in [-0.05, 0) is 25.5 Å². The summed E-state index contributed by atoms with van der Waals surface area (Å²) < 4.78 is 0. The zero-order valence-electron chi connectivity index (χ0n) is 13.6. The van der Waals surface area contributed by atoms with Gasteiger partial charge in [0.1, 0.15) is 11.6 Å². The Balaban J connectivity index is 1.68. The molecular formula is C18H24N4. The van der Waals surface area contributed by atoms with Crippen LogP contribution < -0.4 is 10.2 Å². The fourth-order valence-electron chi connectivity index (χ4n) is 2.88. The van der Waals surface area contributed by atoms with Gasteiger partial charge in [-0.15, -0.1) is 0 Å². The van der Waals surface area contributed by atoms with Crippen molar-refractivity contribution in [3.63, 3.8) is 0 Å². The Morgan fingerprint density at radius 3 is 2.68 bits per heavy atom. The van der Waals surface area contributed by atoms with E-state index in [9.17, 15) is 0 Å². The van der Waals surface area contributed by atoms with Crippen LogP contribution in [-0.2, 0) is 0 Å². The van der Waals surface area contributed by atoms with Gasteiger partial charge >= 0.3 is 0 Å². The highest BCUT2D eigenvalue weighted by atomic mass is 15.2. The Kier molecular flexibility index (Phi) is 4.27. The molecule has 1 unspecified atom stereocenters. The van der Waals surface area contributed by atoms with E-state index < -0.39 is 0 Å². The van der Waals surface area contributed by atoms with Gasteiger partial charge in [0, 0.05) is 42.5 Å². The van der Waals surface area contributed by atoms with Crippen LogP contribution in [0.3, 0.4) is 0 Å². The number of benzene rings is 1.